The quantitative estimate of drug-likeness (QED) is 0.490. The molecule has 0 bridgehead atoms. The van der Waals surface area contributed by atoms with E-state index in [1.165, 1.54) is 29.1 Å². The standard InChI is InChI=1S/C20H27NO2SSe/c1-14(2)7-6-12-21(3)13-15-10-11-17(24-15)19(22)16-8-5-9-18(25-4)20(16)23/h5,8-11,14,23H,6-7,12-13H2,1-4H3. The van der Waals surface area contributed by atoms with Crippen molar-refractivity contribution in [2.75, 3.05) is 13.6 Å². The van der Waals surface area contributed by atoms with Gasteiger partial charge in [-0.1, -0.05) is 13.8 Å². The van der Waals surface area contributed by atoms with Gasteiger partial charge in [0.25, 0.3) is 0 Å². The van der Waals surface area contributed by atoms with Crippen LogP contribution in [0.25, 0.3) is 0 Å². The van der Waals surface area contributed by atoms with Gasteiger partial charge < -0.3 is 0 Å². The summed E-state index contributed by atoms with van der Waals surface area (Å²) in [7, 11) is 2.13. The normalized spacial score (nSPS) is 11.4. The van der Waals surface area contributed by atoms with Crippen molar-refractivity contribution >= 4 is 36.5 Å². The van der Waals surface area contributed by atoms with Gasteiger partial charge in [-0.25, -0.2) is 0 Å². The van der Waals surface area contributed by atoms with Crippen LogP contribution in [0.1, 0.15) is 46.8 Å². The van der Waals surface area contributed by atoms with Gasteiger partial charge in [-0.15, -0.1) is 0 Å². The monoisotopic (exact) mass is 425 g/mol. The summed E-state index contributed by atoms with van der Waals surface area (Å²) in [5.41, 5.74) is 0.417. The average Bonchev–Trinajstić information content (AvgIpc) is 3.02. The van der Waals surface area contributed by atoms with Crippen molar-refractivity contribution in [3.8, 4) is 5.75 Å². The van der Waals surface area contributed by atoms with Gasteiger partial charge in [0.05, 0.1) is 0 Å². The molecule has 0 aliphatic rings. The zero-order valence-corrected chi connectivity index (χ0v) is 17.9. The predicted octanol–water partition coefficient (Wildman–Crippen LogP) is 3.93. The Balaban J connectivity index is 2.02. The minimum atomic E-state index is -0.0812. The van der Waals surface area contributed by atoms with Crippen LogP contribution >= 0.6 is 11.3 Å². The number of hydrogen-bond donors (Lipinski definition) is 1. The third-order valence-corrected chi connectivity index (χ3v) is 6.78. The molecule has 0 fully saturated rings. The Morgan fingerprint density at radius 1 is 1.28 bits per heavy atom. The molecule has 0 atom stereocenters. The third-order valence-electron chi connectivity index (χ3n) is 4.10. The minimum absolute atomic E-state index is 0.0812. The Kier molecular flexibility index (Phi) is 7.70. The summed E-state index contributed by atoms with van der Waals surface area (Å²) in [5, 5.41) is 10.3. The number of phenols is 1. The molecule has 1 N–H and O–H groups in total. The summed E-state index contributed by atoms with van der Waals surface area (Å²) in [4.78, 5) is 16.9. The Morgan fingerprint density at radius 3 is 2.72 bits per heavy atom. The first-order valence-electron chi connectivity index (χ1n) is 8.60. The Labute approximate surface area is 161 Å². The van der Waals surface area contributed by atoms with E-state index in [2.05, 4.69) is 25.8 Å². The number of phenolic OH excluding ortho intramolecular Hbond substituents is 1. The van der Waals surface area contributed by atoms with Crippen LogP contribution < -0.4 is 4.46 Å². The SMILES string of the molecule is C[Se]c1cccc(C(=O)c2ccc(CN(C)CCCC(C)C)s2)c1O. The number of nitrogens with zero attached hydrogens (tertiary/aromatic N) is 1. The van der Waals surface area contributed by atoms with Gasteiger partial charge in [-0.05, 0) is 5.92 Å². The molecule has 0 saturated heterocycles. The molecule has 0 spiro atoms. The molecule has 136 valence electrons. The second-order valence-electron chi connectivity index (χ2n) is 6.73. The molecule has 3 nitrogen and oxygen atoms in total. The number of thiophene rings is 1. The molecule has 0 unspecified atom stereocenters. The van der Waals surface area contributed by atoms with E-state index < -0.39 is 0 Å². The number of ketones is 1. The van der Waals surface area contributed by atoms with E-state index >= 15 is 0 Å². The van der Waals surface area contributed by atoms with E-state index in [-0.39, 0.29) is 26.5 Å². The van der Waals surface area contributed by atoms with Crippen LogP contribution in [0, 0.1) is 5.92 Å². The first kappa shape index (κ1) is 20.2. The second-order valence-corrected chi connectivity index (χ2v) is 9.67. The first-order chi connectivity index (χ1) is 11.9. The summed E-state index contributed by atoms with van der Waals surface area (Å²) < 4.78 is 0.875. The first-order valence-corrected chi connectivity index (χ1v) is 12.0. The molecule has 0 amide bonds. The molecule has 1 heterocycles. The van der Waals surface area contributed by atoms with Crippen molar-refractivity contribution in [3.05, 3.63) is 45.6 Å². The third kappa shape index (κ3) is 5.68. The van der Waals surface area contributed by atoms with Gasteiger partial charge in [0, 0.05) is 0 Å². The van der Waals surface area contributed by atoms with Crippen LogP contribution in [0.2, 0.25) is 5.82 Å². The predicted molar refractivity (Wildman–Crippen MR) is 108 cm³/mol. The molecule has 2 aromatic rings. The van der Waals surface area contributed by atoms with E-state index in [1.807, 2.05) is 30.1 Å². The molecule has 25 heavy (non-hydrogen) atoms. The van der Waals surface area contributed by atoms with E-state index in [0.29, 0.717) is 10.4 Å². The zero-order chi connectivity index (χ0) is 18.4. The number of hydrogen-bond acceptors (Lipinski definition) is 4. The maximum absolute atomic E-state index is 12.7. The molecule has 0 radical (unpaired) electrons. The summed E-state index contributed by atoms with van der Waals surface area (Å²) in [6, 6.07) is 9.36. The molecular formula is C20H27NO2SSe. The van der Waals surface area contributed by atoms with Crippen LogP contribution in [0.5, 0.6) is 5.75 Å². The van der Waals surface area contributed by atoms with Gasteiger partial charge >= 0.3 is 142 Å². The molecule has 0 aliphatic heterocycles. The van der Waals surface area contributed by atoms with Gasteiger partial charge in [-0.2, -0.15) is 0 Å². The Bertz CT molecular complexity index is 711. The maximum atomic E-state index is 12.7. The number of rotatable bonds is 9. The number of benzene rings is 1. The average molecular weight is 424 g/mol. The topological polar surface area (TPSA) is 40.5 Å². The van der Waals surface area contributed by atoms with E-state index in [9.17, 15) is 9.90 Å². The second kappa shape index (κ2) is 9.53. The van der Waals surface area contributed by atoms with Crippen molar-refractivity contribution in [1.82, 2.24) is 4.90 Å². The fourth-order valence-electron chi connectivity index (χ4n) is 2.70. The molecule has 5 heteroatoms. The zero-order valence-electron chi connectivity index (χ0n) is 15.4. The molecule has 1 aromatic heterocycles. The van der Waals surface area contributed by atoms with Gasteiger partial charge in [-0.3, -0.25) is 0 Å². The van der Waals surface area contributed by atoms with Crippen LogP contribution in [0.3, 0.4) is 0 Å². The van der Waals surface area contributed by atoms with Crippen LogP contribution in [0.4, 0.5) is 0 Å². The number of carbonyl (C=O) groups is 1. The van der Waals surface area contributed by atoms with Crippen molar-refractivity contribution in [1.29, 1.82) is 0 Å². The number of aromatic hydroxyl groups is 1. The molecular weight excluding hydrogens is 397 g/mol. The van der Waals surface area contributed by atoms with E-state index in [4.69, 9.17) is 0 Å². The molecule has 1 aromatic carbocycles. The fraction of sp³-hybridized carbons (Fsp3) is 0.450. The number of carbonyl (C=O) groups excluding carboxylic acids is 1. The summed E-state index contributed by atoms with van der Waals surface area (Å²) in [6.07, 6.45) is 2.44. The van der Waals surface area contributed by atoms with Gasteiger partial charge in [0.2, 0.25) is 0 Å². The van der Waals surface area contributed by atoms with E-state index in [0.717, 1.165) is 23.5 Å². The molecule has 0 aliphatic carbocycles. The summed E-state index contributed by atoms with van der Waals surface area (Å²) in [6.45, 7) is 6.43. The Hall–Kier alpha value is -1.13. The fourth-order valence-corrected chi connectivity index (χ4v) is 4.83. The van der Waals surface area contributed by atoms with E-state index in [1.54, 1.807) is 6.07 Å². The van der Waals surface area contributed by atoms with Crippen LogP contribution in [0.15, 0.2) is 30.3 Å². The molecule has 2 rings (SSSR count). The Morgan fingerprint density at radius 2 is 2.04 bits per heavy atom. The molecule has 0 saturated carbocycles. The van der Waals surface area contributed by atoms with Crippen molar-refractivity contribution in [3.63, 3.8) is 0 Å². The van der Waals surface area contributed by atoms with Gasteiger partial charge in [0.1, 0.15) is 0 Å². The van der Waals surface area contributed by atoms with Crippen molar-refractivity contribution < 1.29 is 9.90 Å². The summed E-state index contributed by atoms with van der Waals surface area (Å²) in [5.74, 6) is 2.85. The summed E-state index contributed by atoms with van der Waals surface area (Å²) >= 11 is 1.70. The number of para-hydroxylation sites is 1. The van der Waals surface area contributed by atoms with Crippen LogP contribution in [-0.4, -0.2) is 44.3 Å². The van der Waals surface area contributed by atoms with Crippen molar-refractivity contribution in [2.24, 2.45) is 5.92 Å². The van der Waals surface area contributed by atoms with Gasteiger partial charge in [0.15, 0.2) is 0 Å². The van der Waals surface area contributed by atoms with Crippen LogP contribution in [-0.2, 0) is 6.54 Å². The van der Waals surface area contributed by atoms with Crippen molar-refractivity contribution in [2.45, 2.75) is 39.1 Å².